The van der Waals surface area contributed by atoms with E-state index in [4.69, 9.17) is 0 Å². The van der Waals surface area contributed by atoms with Crippen LogP contribution in [0.2, 0.25) is 0 Å². The third-order valence-corrected chi connectivity index (χ3v) is 2.28. The van der Waals surface area contributed by atoms with Gasteiger partial charge in [-0.1, -0.05) is 64.3 Å². The van der Waals surface area contributed by atoms with Crippen LogP contribution in [0.4, 0.5) is 0 Å². The maximum atomic E-state index is 2.21. The highest BCUT2D eigenvalue weighted by molar-refractivity contribution is 5.25. The Morgan fingerprint density at radius 3 is 1.86 bits per heavy atom. The first-order chi connectivity index (χ1) is 6.76. The maximum absolute atomic E-state index is 2.21. The van der Waals surface area contributed by atoms with Crippen molar-refractivity contribution in [2.45, 2.75) is 53.4 Å². The van der Waals surface area contributed by atoms with Gasteiger partial charge < -0.3 is 0 Å². The molecule has 1 aromatic rings. The Bertz CT molecular complexity index is 223. The summed E-state index contributed by atoms with van der Waals surface area (Å²) in [5, 5.41) is 0. The fourth-order valence-electron chi connectivity index (χ4n) is 1.16. The molecule has 80 valence electrons. The molecule has 0 saturated heterocycles. The first-order valence-corrected chi connectivity index (χ1v) is 5.80. The summed E-state index contributed by atoms with van der Waals surface area (Å²) < 4.78 is 0. The van der Waals surface area contributed by atoms with Crippen molar-refractivity contribution in [3.05, 3.63) is 35.4 Å². The van der Waals surface area contributed by atoms with E-state index in [9.17, 15) is 0 Å². The first kappa shape index (κ1) is 13.2. The molecular formula is C14H24. The van der Waals surface area contributed by atoms with Gasteiger partial charge in [0, 0.05) is 0 Å². The number of hydrogen-bond donors (Lipinski definition) is 0. The molecule has 0 spiro atoms. The summed E-state index contributed by atoms with van der Waals surface area (Å²) in [5.41, 5.74) is 2.91. The lowest BCUT2D eigenvalue weighted by Crippen LogP contribution is -1.85. The predicted octanol–water partition coefficient (Wildman–Crippen LogP) is 4.75. The Kier molecular flexibility index (Phi) is 8.31. The Balaban J connectivity index is 0.000000364. The van der Waals surface area contributed by atoms with Crippen LogP contribution in [-0.2, 0) is 6.42 Å². The second-order valence-corrected chi connectivity index (χ2v) is 3.68. The molecule has 0 aliphatic rings. The Hall–Kier alpha value is -0.780. The SMILES string of the molecule is CCCC.CCCc1ccccc1C. The van der Waals surface area contributed by atoms with Gasteiger partial charge in [-0.3, -0.25) is 0 Å². The van der Waals surface area contributed by atoms with Crippen molar-refractivity contribution in [2.24, 2.45) is 0 Å². The molecule has 0 radical (unpaired) electrons. The van der Waals surface area contributed by atoms with Gasteiger partial charge in [0.15, 0.2) is 0 Å². The van der Waals surface area contributed by atoms with E-state index in [-0.39, 0.29) is 0 Å². The zero-order valence-corrected chi connectivity index (χ0v) is 10.1. The predicted molar refractivity (Wildman–Crippen MR) is 65.8 cm³/mol. The third-order valence-electron chi connectivity index (χ3n) is 2.28. The molecule has 0 bridgehead atoms. The minimum Gasteiger partial charge on any atom is -0.0654 e. The van der Waals surface area contributed by atoms with Crippen molar-refractivity contribution in [2.75, 3.05) is 0 Å². The van der Waals surface area contributed by atoms with Crippen LogP contribution in [0, 0.1) is 6.92 Å². The fraction of sp³-hybridized carbons (Fsp3) is 0.571. The monoisotopic (exact) mass is 192 g/mol. The zero-order valence-electron chi connectivity index (χ0n) is 10.1. The lowest BCUT2D eigenvalue weighted by Gasteiger charge is -2.01. The number of aryl methyl sites for hydroxylation is 2. The molecule has 0 heterocycles. The number of benzene rings is 1. The summed E-state index contributed by atoms with van der Waals surface area (Å²) in [7, 11) is 0. The molecule has 0 fully saturated rings. The highest BCUT2D eigenvalue weighted by Crippen LogP contribution is 2.08. The molecule has 0 saturated carbocycles. The summed E-state index contributed by atoms with van der Waals surface area (Å²) in [6.07, 6.45) is 5.09. The third kappa shape index (κ3) is 5.80. The molecule has 0 amide bonds. The van der Waals surface area contributed by atoms with Crippen LogP contribution in [0.25, 0.3) is 0 Å². The van der Waals surface area contributed by atoms with Gasteiger partial charge in [-0.15, -0.1) is 0 Å². The number of hydrogen-bond acceptors (Lipinski definition) is 0. The molecule has 0 atom stereocenters. The summed E-state index contributed by atoms with van der Waals surface area (Å²) in [5.74, 6) is 0. The van der Waals surface area contributed by atoms with Crippen LogP contribution < -0.4 is 0 Å². The normalized spacial score (nSPS) is 9.14. The van der Waals surface area contributed by atoms with Crippen LogP contribution in [0.15, 0.2) is 24.3 Å². The van der Waals surface area contributed by atoms with Crippen LogP contribution in [0.5, 0.6) is 0 Å². The summed E-state index contributed by atoms with van der Waals surface area (Å²) >= 11 is 0. The minimum absolute atomic E-state index is 1.21. The van der Waals surface area contributed by atoms with Crippen molar-refractivity contribution < 1.29 is 0 Å². The second kappa shape index (κ2) is 8.80. The highest BCUT2D eigenvalue weighted by atomic mass is 14.0. The van der Waals surface area contributed by atoms with Gasteiger partial charge in [0.25, 0.3) is 0 Å². The summed E-state index contributed by atoms with van der Waals surface area (Å²) in [6, 6.07) is 8.58. The topological polar surface area (TPSA) is 0 Å². The lowest BCUT2D eigenvalue weighted by molar-refractivity contribution is 0.886. The molecule has 0 nitrogen and oxygen atoms in total. The Labute approximate surface area is 89.4 Å². The van der Waals surface area contributed by atoms with E-state index >= 15 is 0 Å². The largest absolute Gasteiger partial charge is 0.0654 e. The van der Waals surface area contributed by atoms with Crippen molar-refractivity contribution in [1.29, 1.82) is 0 Å². The van der Waals surface area contributed by atoms with Gasteiger partial charge in [-0.2, -0.15) is 0 Å². The molecule has 1 rings (SSSR count). The second-order valence-electron chi connectivity index (χ2n) is 3.68. The van der Waals surface area contributed by atoms with E-state index in [0.29, 0.717) is 0 Å². The van der Waals surface area contributed by atoms with E-state index < -0.39 is 0 Å². The minimum atomic E-state index is 1.21. The van der Waals surface area contributed by atoms with Gasteiger partial charge in [0.2, 0.25) is 0 Å². The van der Waals surface area contributed by atoms with Gasteiger partial charge >= 0.3 is 0 Å². The quantitative estimate of drug-likeness (QED) is 0.648. The number of unbranched alkanes of at least 4 members (excludes halogenated alkanes) is 1. The molecule has 0 N–H and O–H groups in total. The average Bonchev–Trinajstić information content (AvgIpc) is 2.22. The summed E-state index contributed by atoms with van der Waals surface area (Å²) in [4.78, 5) is 0. The Morgan fingerprint density at radius 1 is 0.857 bits per heavy atom. The summed E-state index contributed by atoms with van der Waals surface area (Å²) in [6.45, 7) is 8.75. The lowest BCUT2D eigenvalue weighted by atomic mass is 10.1. The van der Waals surface area contributed by atoms with Crippen LogP contribution in [0.1, 0.15) is 51.2 Å². The molecule has 1 aromatic carbocycles. The molecule has 14 heavy (non-hydrogen) atoms. The first-order valence-electron chi connectivity index (χ1n) is 5.80. The molecule has 0 aliphatic heterocycles. The van der Waals surface area contributed by atoms with Crippen molar-refractivity contribution in [3.63, 3.8) is 0 Å². The van der Waals surface area contributed by atoms with E-state index in [0.717, 1.165) is 0 Å². The maximum Gasteiger partial charge on any atom is -0.0279 e. The average molecular weight is 192 g/mol. The number of rotatable bonds is 3. The van der Waals surface area contributed by atoms with E-state index in [2.05, 4.69) is 52.0 Å². The van der Waals surface area contributed by atoms with Crippen molar-refractivity contribution in [1.82, 2.24) is 0 Å². The van der Waals surface area contributed by atoms with E-state index in [1.54, 1.807) is 0 Å². The molecule has 0 aromatic heterocycles. The standard InChI is InChI=1S/C10H14.C4H10/c1-3-6-10-8-5-4-7-9(10)2;1-3-4-2/h4-5,7-8H,3,6H2,1-2H3;3-4H2,1-2H3. The fourth-order valence-corrected chi connectivity index (χ4v) is 1.16. The Morgan fingerprint density at radius 2 is 1.43 bits per heavy atom. The van der Waals surface area contributed by atoms with Crippen LogP contribution in [0.3, 0.4) is 0 Å². The van der Waals surface area contributed by atoms with Crippen LogP contribution in [-0.4, -0.2) is 0 Å². The van der Waals surface area contributed by atoms with Crippen molar-refractivity contribution in [3.8, 4) is 0 Å². The molecule has 0 heteroatoms. The van der Waals surface area contributed by atoms with Crippen LogP contribution >= 0.6 is 0 Å². The molecule has 0 unspecified atom stereocenters. The zero-order chi connectivity index (χ0) is 10.8. The van der Waals surface area contributed by atoms with Crippen molar-refractivity contribution >= 4 is 0 Å². The highest BCUT2D eigenvalue weighted by Gasteiger charge is 1.92. The van der Waals surface area contributed by atoms with Gasteiger partial charge in [0.05, 0.1) is 0 Å². The molecular weight excluding hydrogens is 168 g/mol. The smallest absolute Gasteiger partial charge is 0.0279 e. The van der Waals surface area contributed by atoms with E-state index in [1.165, 1.54) is 36.8 Å². The van der Waals surface area contributed by atoms with Gasteiger partial charge in [0.1, 0.15) is 0 Å². The van der Waals surface area contributed by atoms with Gasteiger partial charge in [-0.25, -0.2) is 0 Å². The van der Waals surface area contributed by atoms with E-state index in [1.807, 2.05) is 0 Å². The van der Waals surface area contributed by atoms with Gasteiger partial charge in [-0.05, 0) is 24.5 Å². The molecule has 0 aliphatic carbocycles.